The highest BCUT2D eigenvalue weighted by molar-refractivity contribution is 7.92. The van der Waals surface area contributed by atoms with Gasteiger partial charge >= 0.3 is 0 Å². The SMILES string of the molecule is Cc1ccc(/C=C/S(=O)(=O)NCCCc2nc(C(C)C)no2)cc1. The van der Waals surface area contributed by atoms with Crippen LogP contribution < -0.4 is 4.72 Å². The van der Waals surface area contributed by atoms with Crippen molar-refractivity contribution < 1.29 is 12.9 Å². The molecular formula is C17H23N3O3S. The highest BCUT2D eigenvalue weighted by Crippen LogP contribution is 2.10. The summed E-state index contributed by atoms with van der Waals surface area (Å²) in [6, 6.07) is 7.64. The number of aryl methyl sites for hydroxylation is 2. The Morgan fingerprint density at radius 1 is 1.25 bits per heavy atom. The first-order valence-electron chi connectivity index (χ1n) is 7.92. The number of sulfonamides is 1. The van der Waals surface area contributed by atoms with Crippen molar-refractivity contribution >= 4 is 16.1 Å². The van der Waals surface area contributed by atoms with Gasteiger partial charge in [-0.05, 0) is 25.0 Å². The van der Waals surface area contributed by atoms with Crippen LogP contribution in [0.2, 0.25) is 0 Å². The fourth-order valence-corrected chi connectivity index (χ4v) is 2.81. The van der Waals surface area contributed by atoms with Crippen LogP contribution in [-0.4, -0.2) is 25.1 Å². The molecule has 0 amide bonds. The Morgan fingerprint density at radius 3 is 2.58 bits per heavy atom. The molecule has 2 rings (SSSR count). The molecule has 0 bridgehead atoms. The maximum atomic E-state index is 11.9. The van der Waals surface area contributed by atoms with Crippen molar-refractivity contribution in [1.82, 2.24) is 14.9 Å². The second-order valence-electron chi connectivity index (χ2n) is 5.96. The molecule has 6 nitrogen and oxygen atoms in total. The summed E-state index contributed by atoms with van der Waals surface area (Å²) in [6.45, 7) is 6.28. The largest absolute Gasteiger partial charge is 0.339 e. The molecule has 0 radical (unpaired) electrons. The van der Waals surface area contributed by atoms with E-state index in [4.69, 9.17) is 4.52 Å². The van der Waals surface area contributed by atoms with Crippen LogP contribution >= 0.6 is 0 Å². The third-order valence-corrected chi connectivity index (χ3v) is 4.49. The molecular weight excluding hydrogens is 326 g/mol. The maximum absolute atomic E-state index is 11.9. The average Bonchev–Trinajstić information content (AvgIpc) is 3.00. The summed E-state index contributed by atoms with van der Waals surface area (Å²) in [4.78, 5) is 4.26. The standard InChI is InChI=1S/C17H23N3O3S/c1-13(2)17-19-16(23-20-17)5-4-11-18-24(21,22)12-10-15-8-6-14(3)7-9-15/h6-10,12-13,18H,4-5,11H2,1-3H3/b12-10+. The van der Waals surface area contributed by atoms with Crippen LogP contribution in [-0.2, 0) is 16.4 Å². The summed E-state index contributed by atoms with van der Waals surface area (Å²) < 4.78 is 31.5. The Morgan fingerprint density at radius 2 is 1.96 bits per heavy atom. The summed E-state index contributed by atoms with van der Waals surface area (Å²) in [5, 5.41) is 5.06. The molecule has 0 fully saturated rings. The lowest BCUT2D eigenvalue weighted by Gasteiger charge is -2.01. The highest BCUT2D eigenvalue weighted by Gasteiger charge is 2.10. The van der Waals surface area contributed by atoms with E-state index in [0.29, 0.717) is 31.1 Å². The van der Waals surface area contributed by atoms with E-state index < -0.39 is 10.0 Å². The van der Waals surface area contributed by atoms with Gasteiger partial charge in [0.15, 0.2) is 5.82 Å². The molecule has 24 heavy (non-hydrogen) atoms. The molecule has 0 unspecified atom stereocenters. The number of hydrogen-bond donors (Lipinski definition) is 1. The number of benzene rings is 1. The lowest BCUT2D eigenvalue weighted by atomic mass is 10.2. The van der Waals surface area contributed by atoms with Crippen molar-refractivity contribution in [3.8, 4) is 0 Å². The summed E-state index contributed by atoms with van der Waals surface area (Å²) >= 11 is 0. The highest BCUT2D eigenvalue weighted by atomic mass is 32.2. The summed E-state index contributed by atoms with van der Waals surface area (Å²) in [7, 11) is -3.45. The quantitative estimate of drug-likeness (QED) is 0.741. The molecule has 0 saturated carbocycles. The molecule has 0 aliphatic rings. The van der Waals surface area contributed by atoms with Crippen LogP contribution in [0, 0.1) is 6.92 Å². The molecule has 7 heteroatoms. The Bertz CT molecular complexity index is 778. The molecule has 130 valence electrons. The molecule has 0 atom stereocenters. The second kappa shape index (κ2) is 8.21. The Hall–Kier alpha value is -1.99. The van der Waals surface area contributed by atoms with Crippen molar-refractivity contribution in [3.05, 3.63) is 52.5 Å². The third kappa shape index (κ3) is 5.90. The van der Waals surface area contributed by atoms with E-state index in [1.165, 1.54) is 5.41 Å². The molecule has 0 aliphatic heterocycles. The van der Waals surface area contributed by atoms with E-state index in [1.807, 2.05) is 45.0 Å². The summed E-state index contributed by atoms with van der Waals surface area (Å²) in [5.74, 6) is 1.42. The Labute approximate surface area is 143 Å². The van der Waals surface area contributed by atoms with Crippen molar-refractivity contribution in [2.24, 2.45) is 0 Å². The van der Waals surface area contributed by atoms with Gasteiger partial charge in [-0.25, -0.2) is 13.1 Å². The van der Waals surface area contributed by atoms with Crippen molar-refractivity contribution in [2.45, 2.75) is 39.5 Å². The van der Waals surface area contributed by atoms with Gasteiger partial charge in [0.2, 0.25) is 15.9 Å². The van der Waals surface area contributed by atoms with E-state index >= 15 is 0 Å². The monoisotopic (exact) mass is 349 g/mol. The summed E-state index contributed by atoms with van der Waals surface area (Å²) in [6.07, 6.45) is 2.72. The summed E-state index contributed by atoms with van der Waals surface area (Å²) in [5.41, 5.74) is 1.98. The molecule has 1 aromatic heterocycles. The van der Waals surface area contributed by atoms with Gasteiger partial charge in [-0.15, -0.1) is 0 Å². The van der Waals surface area contributed by atoms with Gasteiger partial charge in [-0.2, -0.15) is 4.98 Å². The lowest BCUT2D eigenvalue weighted by Crippen LogP contribution is -2.22. The van der Waals surface area contributed by atoms with E-state index in [0.717, 1.165) is 11.1 Å². The molecule has 1 N–H and O–H groups in total. The Kier molecular flexibility index (Phi) is 6.28. The molecule has 0 spiro atoms. The van der Waals surface area contributed by atoms with Gasteiger partial charge in [-0.3, -0.25) is 0 Å². The fourth-order valence-electron chi connectivity index (χ4n) is 1.95. The average molecular weight is 349 g/mol. The lowest BCUT2D eigenvalue weighted by molar-refractivity contribution is 0.368. The first-order chi connectivity index (χ1) is 11.4. The van der Waals surface area contributed by atoms with Gasteiger partial charge in [-0.1, -0.05) is 48.8 Å². The minimum Gasteiger partial charge on any atom is -0.339 e. The molecule has 0 saturated heterocycles. The van der Waals surface area contributed by atoms with E-state index in [9.17, 15) is 8.42 Å². The van der Waals surface area contributed by atoms with Gasteiger partial charge in [0.05, 0.1) is 0 Å². The Balaban J connectivity index is 1.78. The van der Waals surface area contributed by atoms with E-state index in [2.05, 4.69) is 14.9 Å². The van der Waals surface area contributed by atoms with Crippen LogP contribution in [0.25, 0.3) is 6.08 Å². The van der Waals surface area contributed by atoms with E-state index in [-0.39, 0.29) is 5.92 Å². The number of rotatable bonds is 8. The molecule has 2 aromatic rings. The number of aromatic nitrogens is 2. The molecule has 0 aliphatic carbocycles. The smallest absolute Gasteiger partial charge is 0.233 e. The van der Waals surface area contributed by atoms with Gasteiger partial charge in [0.1, 0.15) is 0 Å². The third-order valence-electron chi connectivity index (χ3n) is 3.39. The molecule has 1 heterocycles. The van der Waals surface area contributed by atoms with Crippen molar-refractivity contribution in [3.63, 3.8) is 0 Å². The normalized spacial score (nSPS) is 12.3. The first-order valence-corrected chi connectivity index (χ1v) is 9.47. The second-order valence-corrected chi connectivity index (χ2v) is 7.61. The van der Waals surface area contributed by atoms with Crippen LogP contribution in [0.15, 0.2) is 34.2 Å². The first kappa shape index (κ1) is 18.4. The van der Waals surface area contributed by atoms with E-state index in [1.54, 1.807) is 6.08 Å². The zero-order chi connectivity index (χ0) is 17.6. The minimum absolute atomic E-state index is 0.216. The van der Waals surface area contributed by atoms with Crippen LogP contribution in [0.4, 0.5) is 0 Å². The zero-order valence-electron chi connectivity index (χ0n) is 14.2. The maximum Gasteiger partial charge on any atom is 0.233 e. The minimum atomic E-state index is -3.45. The predicted octanol–water partition coefficient (Wildman–Crippen LogP) is 3.02. The number of hydrogen-bond acceptors (Lipinski definition) is 5. The van der Waals surface area contributed by atoms with Crippen molar-refractivity contribution in [2.75, 3.05) is 6.54 Å². The van der Waals surface area contributed by atoms with Crippen molar-refractivity contribution in [1.29, 1.82) is 0 Å². The number of nitrogens with one attached hydrogen (secondary N) is 1. The predicted molar refractivity (Wildman–Crippen MR) is 93.8 cm³/mol. The fraction of sp³-hybridized carbons (Fsp3) is 0.412. The molecule has 1 aromatic carbocycles. The van der Waals surface area contributed by atoms with Gasteiger partial charge in [0, 0.05) is 24.3 Å². The van der Waals surface area contributed by atoms with Crippen LogP contribution in [0.5, 0.6) is 0 Å². The van der Waals surface area contributed by atoms with Gasteiger partial charge < -0.3 is 4.52 Å². The van der Waals surface area contributed by atoms with Crippen LogP contribution in [0.1, 0.15) is 49.0 Å². The zero-order valence-corrected chi connectivity index (χ0v) is 15.0. The number of nitrogens with zero attached hydrogens (tertiary/aromatic N) is 2. The van der Waals surface area contributed by atoms with Crippen LogP contribution in [0.3, 0.4) is 0 Å². The van der Waals surface area contributed by atoms with Gasteiger partial charge in [0.25, 0.3) is 0 Å². The topological polar surface area (TPSA) is 85.1 Å².